The van der Waals surface area contributed by atoms with Crippen molar-refractivity contribution in [3.8, 4) is 22.8 Å². The third kappa shape index (κ3) is 6.88. The Morgan fingerprint density at radius 1 is 1.04 bits per heavy atom. The van der Waals surface area contributed by atoms with Crippen molar-refractivity contribution >= 4 is 22.7 Å². The van der Waals surface area contributed by atoms with Gasteiger partial charge in [-0.05, 0) is 81.3 Å². The van der Waals surface area contributed by atoms with E-state index in [0.29, 0.717) is 17.3 Å². The Morgan fingerprint density at radius 3 is 2.35 bits per heavy atom. The van der Waals surface area contributed by atoms with Gasteiger partial charge < -0.3 is 30.3 Å². The van der Waals surface area contributed by atoms with Crippen LogP contribution in [-0.2, 0) is 22.2 Å². The van der Waals surface area contributed by atoms with E-state index in [4.69, 9.17) is 9.47 Å². The summed E-state index contributed by atoms with van der Waals surface area (Å²) in [5.41, 5.74) is -6.36. The molecule has 1 aliphatic heterocycles. The molecule has 0 bridgehead atoms. The van der Waals surface area contributed by atoms with Crippen molar-refractivity contribution in [3.63, 3.8) is 0 Å². The molecule has 2 aromatic heterocycles. The summed E-state index contributed by atoms with van der Waals surface area (Å²) < 4.78 is 69.9. The average molecular weight is 685 g/mol. The normalized spacial score (nSPS) is 17.2. The van der Waals surface area contributed by atoms with Crippen molar-refractivity contribution in [2.45, 2.75) is 56.9 Å². The summed E-state index contributed by atoms with van der Waals surface area (Å²) in [5, 5.41) is 26.9. The number of methoxy groups -OCH3 is 1. The van der Waals surface area contributed by atoms with E-state index < -0.39 is 52.7 Å². The Hall–Kier alpha value is -4.82. The molecule has 3 heterocycles. The quantitative estimate of drug-likeness (QED) is 0.176. The van der Waals surface area contributed by atoms with E-state index in [-0.39, 0.29) is 47.0 Å². The van der Waals surface area contributed by atoms with Crippen LogP contribution in [-0.4, -0.2) is 70.6 Å². The van der Waals surface area contributed by atoms with Crippen molar-refractivity contribution < 1.29 is 46.8 Å². The monoisotopic (exact) mass is 684 g/mol. The van der Waals surface area contributed by atoms with Gasteiger partial charge in [0.25, 0.3) is 5.91 Å². The van der Waals surface area contributed by atoms with E-state index in [0.717, 1.165) is 23.8 Å². The number of ether oxygens (including phenoxy) is 2. The number of nitrogens with one attached hydrogen (secondary N) is 2. The number of nitrogens with zero attached hydrogens (tertiary/aromatic N) is 2. The minimum atomic E-state index is -5.39. The predicted molar refractivity (Wildman–Crippen MR) is 172 cm³/mol. The van der Waals surface area contributed by atoms with E-state index in [1.807, 2.05) is 6.92 Å². The maximum atomic E-state index is 14.9. The fourth-order valence-corrected chi connectivity index (χ4v) is 5.47. The zero-order chi connectivity index (χ0) is 35.9. The van der Waals surface area contributed by atoms with Crippen LogP contribution < -0.4 is 20.1 Å². The molecule has 49 heavy (non-hydrogen) atoms. The number of fused-ring (bicyclic) bond motifs is 2. The lowest BCUT2D eigenvalue weighted by Gasteiger charge is -2.32. The maximum Gasteiger partial charge on any atom is 0.424 e. The summed E-state index contributed by atoms with van der Waals surface area (Å²) in [6.07, 6.45) is -3.08. The second kappa shape index (κ2) is 12.9. The number of amides is 2. The number of benzene rings is 2. The fourth-order valence-electron chi connectivity index (χ4n) is 5.47. The SMILES string of the molecule is CCc1cnc2c(OC)cc(C(=O)NC[C@](O)(c3cc4c(c(-c5ccc(F)cc5)n3)OC[C@]4(C)C(=O)NCC(C)(C)O)C(F)(F)F)cc2c1. The Kier molecular flexibility index (Phi) is 9.34. The first-order valence-corrected chi connectivity index (χ1v) is 15.4. The number of aromatic nitrogens is 2. The number of hydrogen-bond acceptors (Lipinski definition) is 8. The first kappa shape index (κ1) is 35.5. The molecule has 0 saturated heterocycles. The van der Waals surface area contributed by atoms with Gasteiger partial charge >= 0.3 is 6.18 Å². The molecule has 0 spiro atoms. The molecule has 2 atom stereocenters. The minimum Gasteiger partial charge on any atom is -0.494 e. The maximum absolute atomic E-state index is 14.9. The first-order chi connectivity index (χ1) is 22.9. The summed E-state index contributed by atoms with van der Waals surface area (Å²) in [7, 11) is 1.37. The molecule has 260 valence electrons. The molecule has 4 N–H and O–H groups in total. The minimum absolute atomic E-state index is 0.0300. The zero-order valence-corrected chi connectivity index (χ0v) is 27.5. The third-order valence-corrected chi connectivity index (χ3v) is 8.47. The lowest BCUT2D eigenvalue weighted by Crippen LogP contribution is -2.52. The Balaban J connectivity index is 1.58. The highest BCUT2D eigenvalue weighted by Gasteiger charge is 2.58. The van der Waals surface area contributed by atoms with Crippen molar-refractivity contribution in [1.29, 1.82) is 0 Å². The molecule has 2 aromatic carbocycles. The molecule has 0 unspecified atom stereocenters. The molecule has 14 heteroatoms. The molecular weight excluding hydrogens is 648 g/mol. The van der Waals surface area contributed by atoms with E-state index in [9.17, 15) is 37.4 Å². The number of aliphatic hydroxyl groups is 2. The van der Waals surface area contributed by atoms with E-state index in [1.54, 1.807) is 12.3 Å². The molecule has 0 saturated carbocycles. The van der Waals surface area contributed by atoms with Crippen LogP contribution in [0.15, 0.2) is 54.7 Å². The summed E-state index contributed by atoms with van der Waals surface area (Å²) in [6.45, 7) is 4.45. The Labute approximate surface area is 279 Å². The van der Waals surface area contributed by atoms with E-state index in [2.05, 4.69) is 20.6 Å². The molecule has 0 aliphatic carbocycles. The number of carbonyl (C=O) groups excluding carboxylic acids is 2. The van der Waals surface area contributed by atoms with Gasteiger partial charge in [0.15, 0.2) is 0 Å². The highest BCUT2D eigenvalue weighted by molar-refractivity contribution is 6.00. The molecule has 1 aliphatic rings. The van der Waals surface area contributed by atoms with Crippen molar-refractivity contribution in [1.82, 2.24) is 20.6 Å². The van der Waals surface area contributed by atoms with Crippen LogP contribution >= 0.6 is 0 Å². The van der Waals surface area contributed by atoms with E-state index >= 15 is 0 Å². The van der Waals surface area contributed by atoms with Crippen LogP contribution in [0, 0.1) is 5.82 Å². The second-order valence-electron chi connectivity index (χ2n) is 12.8. The van der Waals surface area contributed by atoms with Crippen molar-refractivity contribution in [2.75, 3.05) is 26.8 Å². The zero-order valence-electron chi connectivity index (χ0n) is 27.5. The lowest BCUT2D eigenvalue weighted by molar-refractivity contribution is -0.265. The van der Waals surface area contributed by atoms with Crippen molar-refractivity contribution in [3.05, 3.63) is 82.9 Å². The molecule has 5 rings (SSSR count). The van der Waals surface area contributed by atoms with Gasteiger partial charge in [0.05, 0.1) is 24.9 Å². The van der Waals surface area contributed by atoms with Crippen LogP contribution in [0.5, 0.6) is 11.5 Å². The van der Waals surface area contributed by atoms with Gasteiger partial charge in [-0.1, -0.05) is 6.92 Å². The van der Waals surface area contributed by atoms with Gasteiger partial charge in [0.1, 0.15) is 40.5 Å². The predicted octanol–water partition coefficient (Wildman–Crippen LogP) is 4.72. The number of carbonyl (C=O) groups is 2. The molecule has 10 nitrogen and oxygen atoms in total. The van der Waals surface area contributed by atoms with Crippen molar-refractivity contribution in [2.24, 2.45) is 0 Å². The smallest absolute Gasteiger partial charge is 0.424 e. The molecule has 2 amide bonds. The number of aryl methyl sites for hydroxylation is 1. The van der Waals surface area contributed by atoms with Gasteiger partial charge in [0, 0.05) is 34.8 Å². The summed E-state index contributed by atoms with van der Waals surface area (Å²) in [4.78, 5) is 35.3. The van der Waals surface area contributed by atoms with Gasteiger partial charge in [-0.25, -0.2) is 9.37 Å². The highest BCUT2D eigenvalue weighted by atomic mass is 19.4. The number of pyridine rings is 2. The van der Waals surface area contributed by atoms with Gasteiger partial charge in [0.2, 0.25) is 11.5 Å². The van der Waals surface area contributed by atoms with Gasteiger partial charge in [-0.2, -0.15) is 13.2 Å². The van der Waals surface area contributed by atoms with Crippen LogP contribution in [0.25, 0.3) is 22.2 Å². The van der Waals surface area contributed by atoms with Gasteiger partial charge in [-0.15, -0.1) is 0 Å². The highest BCUT2D eigenvalue weighted by Crippen LogP contribution is 2.48. The number of halogens is 4. The number of alkyl halides is 3. The van der Waals surface area contributed by atoms with Crippen LogP contribution in [0.2, 0.25) is 0 Å². The topological polar surface area (TPSA) is 143 Å². The van der Waals surface area contributed by atoms with Crippen LogP contribution in [0.1, 0.15) is 54.9 Å². The van der Waals surface area contributed by atoms with Crippen LogP contribution in [0.3, 0.4) is 0 Å². The standard InChI is InChI=1S/C35H36F4N4O6/c1-6-19-11-21-12-22(13-25(48-5)27(21)40-15-19)30(44)41-17-34(47,35(37,38)39)26-14-24-29(28(43-26)20-7-9-23(36)10-8-20)49-18-33(24,4)31(45)42-16-32(2,3)46/h7-15,46-47H,6,16-18H2,1-5H3,(H,41,44)(H,42,45)/t33-,34-/m0/s1. The summed E-state index contributed by atoms with van der Waals surface area (Å²) in [6, 6.07) is 10.2. The third-order valence-electron chi connectivity index (χ3n) is 8.47. The molecule has 0 fully saturated rings. The number of rotatable bonds is 10. The number of hydrogen-bond donors (Lipinski definition) is 4. The summed E-state index contributed by atoms with van der Waals surface area (Å²) >= 11 is 0. The Morgan fingerprint density at radius 2 is 1.73 bits per heavy atom. The summed E-state index contributed by atoms with van der Waals surface area (Å²) in [5.74, 6) is -2.03. The molecule has 4 aromatic rings. The Bertz CT molecular complexity index is 1910. The lowest BCUT2D eigenvalue weighted by atomic mass is 9.81. The fraction of sp³-hybridized carbons (Fsp3) is 0.371. The van der Waals surface area contributed by atoms with E-state index in [1.165, 1.54) is 52.1 Å². The molecule has 0 radical (unpaired) electrons. The first-order valence-electron chi connectivity index (χ1n) is 15.4. The second-order valence-corrected chi connectivity index (χ2v) is 12.8. The largest absolute Gasteiger partial charge is 0.494 e. The van der Waals surface area contributed by atoms with Crippen LogP contribution in [0.4, 0.5) is 17.6 Å². The average Bonchev–Trinajstić information content (AvgIpc) is 3.41. The van der Waals surface area contributed by atoms with Gasteiger partial charge in [-0.3, -0.25) is 14.6 Å². The molecular formula is C35H36F4N4O6.